The van der Waals surface area contributed by atoms with Gasteiger partial charge < -0.3 is 9.64 Å². The number of amides is 1. The van der Waals surface area contributed by atoms with E-state index < -0.39 is 0 Å². The summed E-state index contributed by atoms with van der Waals surface area (Å²) in [6.07, 6.45) is 5.96. The zero-order chi connectivity index (χ0) is 13.2. The molecule has 98 valence electrons. The summed E-state index contributed by atoms with van der Waals surface area (Å²) in [7, 11) is 1.70. The fraction of sp³-hybridized carbons (Fsp3) is 0.400. The second kappa shape index (κ2) is 8.48. The fourth-order valence-electron chi connectivity index (χ4n) is 1.70. The van der Waals surface area contributed by atoms with Crippen molar-refractivity contribution in [2.75, 3.05) is 25.2 Å². The standard InChI is InChI=1S/C15H21NO2/c1-14(17)16(15-10-6-5-7-11-15)12-8-3-4-9-13-18-2/h3-7,10-11H,8-9,12-13H2,1-2H3/b4-3+. The Hall–Kier alpha value is -1.61. The number of carbonyl (C=O) groups excluding carboxylic acids is 1. The Morgan fingerprint density at radius 2 is 1.89 bits per heavy atom. The minimum absolute atomic E-state index is 0.0755. The maximum Gasteiger partial charge on any atom is 0.223 e. The minimum Gasteiger partial charge on any atom is -0.384 e. The van der Waals surface area contributed by atoms with Crippen LogP contribution in [-0.2, 0) is 9.53 Å². The lowest BCUT2D eigenvalue weighted by Crippen LogP contribution is -2.29. The van der Waals surface area contributed by atoms with Crippen LogP contribution in [0.3, 0.4) is 0 Å². The lowest BCUT2D eigenvalue weighted by atomic mass is 10.2. The lowest BCUT2D eigenvalue weighted by molar-refractivity contribution is -0.116. The van der Waals surface area contributed by atoms with Gasteiger partial charge in [-0.15, -0.1) is 0 Å². The molecule has 0 aromatic heterocycles. The van der Waals surface area contributed by atoms with Gasteiger partial charge in [0.2, 0.25) is 5.91 Å². The molecule has 0 N–H and O–H groups in total. The average Bonchev–Trinajstić information content (AvgIpc) is 2.38. The van der Waals surface area contributed by atoms with Crippen LogP contribution < -0.4 is 4.90 Å². The molecule has 1 aromatic rings. The molecular weight excluding hydrogens is 226 g/mol. The minimum atomic E-state index is 0.0755. The lowest BCUT2D eigenvalue weighted by Gasteiger charge is -2.20. The molecule has 0 bridgehead atoms. The Labute approximate surface area is 109 Å². The summed E-state index contributed by atoms with van der Waals surface area (Å²) >= 11 is 0. The molecule has 0 atom stereocenters. The van der Waals surface area contributed by atoms with Gasteiger partial charge in [0.1, 0.15) is 0 Å². The molecule has 1 amide bonds. The molecule has 1 aromatic carbocycles. The van der Waals surface area contributed by atoms with E-state index in [0.29, 0.717) is 6.54 Å². The summed E-state index contributed by atoms with van der Waals surface area (Å²) in [5, 5.41) is 0. The Balaban J connectivity index is 2.45. The van der Waals surface area contributed by atoms with Crippen LogP contribution in [0.1, 0.15) is 19.8 Å². The van der Waals surface area contributed by atoms with Crippen molar-refractivity contribution in [3.63, 3.8) is 0 Å². The van der Waals surface area contributed by atoms with Gasteiger partial charge in [-0.05, 0) is 25.0 Å². The number of para-hydroxylation sites is 1. The van der Waals surface area contributed by atoms with E-state index in [1.54, 1.807) is 18.9 Å². The van der Waals surface area contributed by atoms with Crippen molar-refractivity contribution >= 4 is 11.6 Å². The summed E-state index contributed by atoms with van der Waals surface area (Å²) < 4.78 is 4.96. The van der Waals surface area contributed by atoms with Gasteiger partial charge in [0, 0.05) is 32.9 Å². The van der Waals surface area contributed by atoms with E-state index >= 15 is 0 Å². The number of hydrogen-bond donors (Lipinski definition) is 0. The van der Waals surface area contributed by atoms with E-state index in [1.165, 1.54) is 0 Å². The van der Waals surface area contributed by atoms with Crippen molar-refractivity contribution in [3.8, 4) is 0 Å². The highest BCUT2D eigenvalue weighted by atomic mass is 16.5. The number of hydrogen-bond acceptors (Lipinski definition) is 2. The molecule has 0 spiro atoms. The molecule has 18 heavy (non-hydrogen) atoms. The van der Waals surface area contributed by atoms with Gasteiger partial charge in [-0.25, -0.2) is 0 Å². The van der Waals surface area contributed by atoms with E-state index in [4.69, 9.17) is 4.74 Å². The molecule has 0 aliphatic rings. The molecule has 0 saturated carbocycles. The predicted molar refractivity (Wildman–Crippen MR) is 74.7 cm³/mol. The van der Waals surface area contributed by atoms with Crippen LogP contribution >= 0.6 is 0 Å². The highest BCUT2D eigenvalue weighted by Gasteiger charge is 2.08. The molecular formula is C15H21NO2. The van der Waals surface area contributed by atoms with Crippen LogP contribution in [0.15, 0.2) is 42.5 Å². The van der Waals surface area contributed by atoms with Gasteiger partial charge in [0.05, 0.1) is 0 Å². The van der Waals surface area contributed by atoms with Crippen molar-refractivity contribution in [2.45, 2.75) is 19.8 Å². The van der Waals surface area contributed by atoms with Crippen LogP contribution in [0.4, 0.5) is 5.69 Å². The van der Waals surface area contributed by atoms with Gasteiger partial charge in [-0.3, -0.25) is 4.79 Å². The predicted octanol–water partition coefficient (Wildman–Crippen LogP) is 3.02. The molecule has 0 saturated heterocycles. The van der Waals surface area contributed by atoms with Crippen LogP contribution in [0.5, 0.6) is 0 Å². The molecule has 0 aliphatic carbocycles. The number of anilines is 1. The first-order chi connectivity index (χ1) is 8.75. The summed E-state index contributed by atoms with van der Waals surface area (Å²) in [6, 6.07) is 9.75. The number of carbonyl (C=O) groups is 1. The fourth-order valence-corrected chi connectivity index (χ4v) is 1.70. The number of rotatable bonds is 7. The maximum atomic E-state index is 11.6. The smallest absolute Gasteiger partial charge is 0.223 e. The third-order valence-electron chi connectivity index (χ3n) is 2.62. The molecule has 3 nitrogen and oxygen atoms in total. The van der Waals surface area contributed by atoms with Gasteiger partial charge in [0.15, 0.2) is 0 Å². The number of benzene rings is 1. The highest BCUT2D eigenvalue weighted by molar-refractivity contribution is 5.91. The van der Waals surface area contributed by atoms with E-state index in [1.807, 2.05) is 30.3 Å². The largest absolute Gasteiger partial charge is 0.384 e. The number of methoxy groups -OCH3 is 1. The first-order valence-electron chi connectivity index (χ1n) is 6.23. The third-order valence-corrected chi connectivity index (χ3v) is 2.62. The maximum absolute atomic E-state index is 11.6. The van der Waals surface area contributed by atoms with E-state index in [0.717, 1.165) is 25.1 Å². The molecule has 0 fully saturated rings. The first kappa shape index (κ1) is 14.5. The van der Waals surface area contributed by atoms with Crippen LogP contribution in [0.25, 0.3) is 0 Å². The van der Waals surface area contributed by atoms with Crippen molar-refractivity contribution in [3.05, 3.63) is 42.5 Å². The summed E-state index contributed by atoms with van der Waals surface area (Å²) in [6.45, 7) is 3.05. The molecule has 3 heteroatoms. The van der Waals surface area contributed by atoms with E-state index in [2.05, 4.69) is 12.2 Å². The number of nitrogens with zero attached hydrogens (tertiary/aromatic N) is 1. The third kappa shape index (κ3) is 5.15. The van der Waals surface area contributed by atoms with Crippen molar-refractivity contribution in [1.29, 1.82) is 0 Å². The van der Waals surface area contributed by atoms with Crippen molar-refractivity contribution < 1.29 is 9.53 Å². The van der Waals surface area contributed by atoms with E-state index in [-0.39, 0.29) is 5.91 Å². The normalized spacial score (nSPS) is 10.8. The topological polar surface area (TPSA) is 29.5 Å². The van der Waals surface area contributed by atoms with Crippen molar-refractivity contribution in [1.82, 2.24) is 0 Å². The Kier molecular flexibility index (Phi) is 6.81. The van der Waals surface area contributed by atoms with Gasteiger partial charge >= 0.3 is 0 Å². The summed E-state index contributed by atoms with van der Waals surface area (Å²) in [5.41, 5.74) is 0.954. The summed E-state index contributed by atoms with van der Waals surface area (Å²) in [4.78, 5) is 13.4. The quantitative estimate of drug-likeness (QED) is 0.547. The van der Waals surface area contributed by atoms with Gasteiger partial charge in [-0.2, -0.15) is 0 Å². The molecule has 0 unspecified atom stereocenters. The Bertz CT molecular complexity index is 373. The highest BCUT2D eigenvalue weighted by Crippen LogP contribution is 2.13. The molecule has 0 radical (unpaired) electrons. The van der Waals surface area contributed by atoms with E-state index in [9.17, 15) is 4.79 Å². The molecule has 0 heterocycles. The number of ether oxygens (including phenoxy) is 1. The van der Waals surface area contributed by atoms with Crippen LogP contribution in [-0.4, -0.2) is 26.2 Å². The van der Waals surface area contributed by atoms with Crippen LogP contribution in [0, 0.1) is 0 Å². The average molecular weight is 247 g/mol. The SMILES string of the molecule is COCC/C=C/CCN(C(C)=O)c1ccccc1. The summed E-state index contributed by atoms with van der Waals surface area (Å²) in [5.74, 6) is 0.0755. The second-order valence-electron chi connectivity index (χ2n) is 4.05. The first-order valence-corrected chi connectivity index (χ1v) is 6.23. The molecule has 0 aliphatic heterocycles. The van der Waals surface area contributed by atoms with Gasteiger partial charge in [-0.1, -0.05) is 30.4 Å². The van der Waals surface area contributed by atoms with Crippen LogP contribution in [0.2, 0.25) is 0 Å². The second-order valence-corrected chi connectivity index (χ2v) is 4.05. The van der Waals surface area contributed by atoms with Crippen molar-refractivity contribution in [2.24, 2.45) is 0 Å². The zero-order valence-corrected chi connectivity index (χ0v) is 11.1. The molecule has 1 rings (SSSR count). The zero-order valence-electron chi connectivity index (χ0n) is 11.1. The van der Waals surface area contributed by atoms with Gasteiger partial charge in [0.25, 0.3) is 0 Å². The Morgan fingerprint density at radius 1 is 1.22 bits per heavy atom. The Morgan fingerprint density at radius 3 is 2.50 bits per heavy atom. The monoisotopic (exact) mass is 247 g/mol.